The topological polar surface area (TPSA) is 70.3 Å². The van der Waals surface area contributed by atoms with E-state index in [0.29, 0.717) is 19.8 Å². The van der Waals surface area contributed by atoms with Crippen LogP contribution in [0, 0.1) is 13.8 Å². The fourth-order valence-electron chi connectivity index (χ4n) is 3.15. The Labute approximate surface area is 188 Å². The molecule has 0 atom stereocenters. The first-order chi connectivity index (χ1) is 14.7. The lowest BCUT2D eigenvalue weighted by Gasteiger charge is -2.04. The molecule has 3 rings (SSSR count). The third kappa shape index (κ3) is 5.06. The van der Waals surface area contributed by atoms with Crippen LogP contribution in [0.2, 0.25) is 5.02 Å². The molecule has 0 aliphatic heterocycles. The number of halogens is 1. The number of Topliss-reactive ketones (excluding diaryl/α,β-unsaturated/α-hetero) is 1. The van der Waals surface area contributed by atoms with Crippen molar-refractivity contribution in [1.82, 2.24) is 9.13 Å². The molecule has 6 nitrogen and oxygen atoms in total. The van der Waals surface area contributed by atoms with Crippen molar-refractivity contribution in [3.63, 3.8) is 0 Å². The fraction of sp³-hybridized carbons (Fsp3) is 0.261. The van der Waals surface area contributed by atoms with E-state index in [1.807, 2.05) is 31.5 Å². The van der Waals surface area contributed by atoms with E-state index in [0.717, 1.165) is 28.3 Å². The standard InChI is InChI=1S/C23H23ClN2O4S/c1-5-30-22(28)12-21-26(13-19(27)18-10-14(2)25(4)15(18)3)23(29)20(31-21)11-16-6-8-17(24)9-7-16/h6-12H,5,13H2,1-4H3/b20-11+,21-12-. The van der Waals surface area contributed by atoms with Crippen LogP contribution in [0.4, 0.5) is 0 Å². The van der Waals surface area contributed by atoms with Gasteiger partial charge in [0.1, 0.15) is 4.66 Å². The monoisotopic (exact) mass is 458 g/mol. The Morgan fingerprint density at radius 1 is 1.19 bits per heavy atom. The number of nitrogens with zero attached hydrogens (tertiary/aromatic N) is 2. The molecule has 0 N–H and O–H groups in total. The minimum absolute atomic E-state index is 0.167. The summed E-state index contributed by atoms with van der Waals surface area (Å²) in [7, 11) is 1.89. The van der Waals surface area contributed by atoms with Crippen LogP contribution < -0.4 is 14.8 Å². The first kappa shape index (κ1) is 22.8. The number of aromatic nitrogens is 2. The van der Waals surface area contributed by atoms with Crippen molar-refractivity contribution >= 4 is 46.8 Å². The van der Waals surface area contributed by atoms with Crippen molar-refractivity contribution in [2.24, 2.45) is 7.05 Å². The summed E-state index contributed by atoms with van der Waals surface area (Å²) in [6.07, 6.45) is 2.97. The smallest absolute Gasteiger partial charge is 0.333 e. The second kappa shape index (κ2) is 9.49. The van der Waals surface area contributed by atoms with E-state index in [1.165, 1.54) is 10.6 Å². The highest BCUT2D eigenvalue weighted by Gasteiger charge is 2.17. The number of hydrogen-bond acceptors (Lipinski definition) is 5. The van der Waals surface area contributed by atoms with E-state index < -0.39 is 5.97 Å². The molecule has 0 spiro atoms. The van der Waals surface area contributed by atoms with Crippen molar-refractivity contribution in [1.29, 1.82) is 0 Å². The lowest BCUT2D eigenvalue weighted by atomic mass is 10.1. The lowest BCUT2D eigenvalue weighted by Crippen LogP contribution is -2.34. The van der Waals surface area contributed by atoms with Gasteiger partial charge in [0.2, 0.25) is 0 Å². The molecule has 0 amide bonds. The van der Waals surface area contributed by atoms with E-state index in [4.69, 9.17) is 16.3 Å². The van der Waals surface area contributed by atoms with Gasteiger partial charge in [-0.25, -0.2) is 4.79 Å². The van der Waals surface area contributed by atoms with E-state index in [9.17, 15) is 14.4 Å². The first-order valence-electron chi connectivity index (χ1n) is 9.72. The van der Waals surface area contributed by atoms with Crippen molar-refractivity contribution in [2.45, 2.75) is 27.3 Å². The van der Waals surface area contributed by atoms with E-state index in [1.54, 1.807) is 37.3 Å². The Bertz CT molecular complexity index is 1310. The van der Waals surface area contributed by atoms with Crippen LogP contribution in [-0.2, 0) is 23.1 Å². The summed E-state index contributed by atoms with van der Waals surface area (Å²) >= 11 is 7.07. The summed E-state index contributed by atoms with van der Waals surface area (Å²) < 4.78 is 9.02. The lowest BCUT2D eigenvalue weighted by molar-refractivity contribution is -0.135. The molecule has 0 unspecified atom stereocenters. The molecule has 0 bridgehead atoms. The zero-order valence-electron chi connectivity index (χ0n) is 17.8. The van der Waals surface area contributed by atoms with E-state index in [-0.39, 0.29) is 24.5 Å². The van der Waals surface area contributed by atoms with Crippen molar-refractivity contribution in [2.75, 3.05) is 6.61 Å². The van der Waals surface area contributed by atoms with Gasteiger partial charge in [-0.15, -0.1) is 11.3 Å². The molecule has 0 fully saturated rings. The van der Waals surface area contributed by atoms with Gasteiger partial charge < -0.3 is 9.30 Å². The minimum Gasteiger partial charge on any atom is -0.463 e. The maximum atomic E-state index is 13.1. The number of ether oxygens (including phenoxy) is 1. The molecule has 2 aromatic heterocycles. The van der Waals surface area contributed by atoms with Gasteiger partial charge in [-0.1, -0.05) is 23.7 Å². The highest BCUT2D eigenvalue weighted by Crippen LogP contribution is 2.14. The molecule has 3 aromatic rings. The van der Waals surface area contributed by atoms with Crippen LogP contribution >= 0.6 is 22.9 Å². The zero-order valence-corrected chi connectivity index (χ0v) is 19.3. The maximum absolute atomic E-state index is 13.1. The van der Waals surface area contributed by atoms with Gasteiger partial charge in [-0.05, 0) is 50.6 Å². The Morgan fingerprint density at radius 2 is 1.87 bits per heavy atom. The second-order valence-electron chi connectivity index (χ2n) is 7.06. The summed E-state index contributed by atoms with van der Waals surface area (Å²) in [5, 5.41) is 0.594. The number of thiazole rings is 1. The van der Waals surface area contributed by atoms with Crippen LogP contribution in [0.3, 0.4) is 0 Å². The van der Waals surface area contributed by atoms with E-state index >= 15 is 0 Å². The molecular formula is C23H23ClN2O4S. The van der Waals surface area contributed by atoms with Crippen LogP contribution in [0.25, 0.3) is 12.2 Å². The van der Waals surface area contributed by atoms with Crippen molar-refractivity contribution in [3.8, 4) is 0 Å². The molecule has 2 heterocycles. The van der Waals surface area contributed by atoms with Gasteiger partial charge in [0.15, 0.2) is 5.78 Å². The Morgan fingerprint density at radius 3 is 2.45 bits per heavy atom. The number of rotatable bonds is 6. The normalized spacial score (nSPS) is 12.4. The average Bonchev–Trinajstić information content (AvgIpc) is 3.15. The number of carbonyl (C=O) groups excluding carboxylic acids is 2. The van der Waals surface area contributed by atoms with Gasteiger partial charge in [0.05, 0.1) is 23.8 Å². The number of carbonyl (C=O) groups is 2. The largest absolute Gasteiger partial charge is 0.463 e. The van der Waals surface area contributed by atoms with Crippen molar-refractivity contribution in [3.05, 3.63) is 77.4 Å². The zero-order chi connectivity index (χ0) is 22.7. The van der Waals surface area contributed by atoms with Gasteiger partial charge in [-0.2, -0.15) is 0 Å². The number of aryl methyl sites for hydroxylation is 1. The molecule has 31 heavy (non-hydrogen) atoms. The molecule has 0 aliphatic carbocycles. The van der Waals surface area contributed by atoms with E-state index in [2.05, 4.69) is 0 Å². The molecule has 162 valence electrons. The maximum Gasteiger partial charge on any atom is 0.333 e. The van der Waals surface area contributed by atoms with Crippen molar-refractivity contribution < 1.29 is 14.3 Å². The SMILES string of the molecule is CCOC(=O)/C=c1\s/c(=C/c2ccc(Cl)cc2)c(=O)n1CC(=O)c1cc(C)n(C)c1C. The minimum atomic E-state index is -0.560. The summed E-state index contributed by atoms with van der Waals surface area (Å²) in [6, 6.07) is 8.86. The highest BCUT2D eigenvalue weighted by atomic mass is 35.5. The van der Waals surface area contributed by atoms with Crippen LogP contribution in [-0.4, -0.2) is 27.5 Å². The Balaban J connectivity index is 2.11. The quantitative estimate of drug-likeness (QED) is 0.420. The molecular weight excluding hydrogens is 436 g/mol. The fourth-order valence-corrected chi connectivity index (χ4v) is 4.31. The molecule has 0 radical (unpaired) electrons. The Hall–Kier alpha value is -2.90. The number of hydrogen-bond donors (Lipinski definition) is 0. The van der Waals surface area contributed by atoms with Gasteiger partial charge in [-0.3, -0.25) is 14.2 Å². The van der Waals surface area contributed by atoms with Gasteiger partial charge in [0, 0.05) is 29.0 Å². The number of esters is 1. The second-order valence-corrected chi connectivity index (χ2v) is 8.55. The Kier molecular flexibility index (Phi) is 6.97. The predicted octanol–water partition coefficient (Wildman–Crippen LogP) is 2.57. The van der Waals surface area contributed by atoms with Crippen LogP contribution in [0.15, 0.2) is 35.1 Å². The summed E-state index contributed by atoms with van der Waals surface area (Å²) in [5.74, 6) is -0.757. The summed E-state index contributed by atoms with van der Waals surface area (Å²) in [5.41, 5.74) is 2.79. The summed E-state index contributed by atoms with van der Waals surface area (Å²) in [6.45, 7) is 5.54. The summed E-state index contributed by atoms with van der Waals surface area (Å²) in [4.78, 5) is 38.1. The third-order valence-electron chi connectivity index (χ3n) is 5.01. The molecule has 8 heteroatoms. The number of benzene rings is 1. The van der Waals surface area contributed by atoms with Gasteiger partial charge >= 0.3 is 5.97 Å². The van der Waals surface area contributed by atoms with Gasteiger partial charge in [0.25, 0.3) is 5.56 Å². The molecule has 0 saturated carbocycles. The highest BCUT2D eigenvalue weighted by molar-refractivity contribution is 7.07. The predicted molar refractivity (Wildman–Crippen MR) is 123 cm³/mol. The van der Waals surface area contributed by atoms with Crippen LogP contribution in [0.1, 0.15) is 34.2 Å². The average molecular weight is 459 g/mol. The number of ketones is 1. The molecule has 1 aromatic carbocycles. The first-order valence-corrected chi connectivity index (χ1v) is 10.9. The molecule has 0 saturated heterocycles. The molecule has 0 aliphatic rings. The third-order valence-corrected chi connectivity index (χ3v) is 6.32. The van der Waals surface area contributed by atoms with Crippen LogP contribution in [0.5, 0.6) is 0 Å².